The van der Waals surface area contributed by atoms with Gasteiger partial charge in [-0.05, 0) is 18.2 Å². The molecule has 0 aliphatic carbocycles. The van der Waals surface area contributed by atoms with Gasteiger partial charge in [-0.25, -0.2) is 4.99 Å². The monoisotopic (exact) mass is 270 g/mol. The van der Waals surface area contributed by atoms with E-state index in [0.29, 0.717) is 30.4 Å². The number of hydrogen-bond donors (Lipinski definition) is 1. The topological polar surface area (TPSA) is 68.5 Å². The summed E-state index contributed by atoms with van der Waals surface area (Å²) in [6.07, 6.45) is 1.59. The predicted octanol–water partition coefficient (Wildman–Crippen LogP) is 1.45. The molecule has 102 valence electrons. The molecule has 6 heteroatoms. The molecule has 2 heterocycles. The standard InChI is InChI=1S/C14H14N4O2/c1-18-12(6-7-16-18)13(19)17-11-5-3-2-4-10(11)14-15-8-9-20-14/h2-7H,8-9H2,1H3,(H,17,19). The van der Waals surface area contributed by atoms with E-state index in [0.717, 1.165) is 5.56 Å². The van der Waals surface area contributed by atoms with Crippen molar-refractivity contribution in [3.63, 3.8) is 0 Å². The van der Waals surface area contributed by atoms with Gasteiger partial charge in [0.2, 0.25) is 5.90 Å². The molecule has 0 fully saturated rings. The summed E-state index contributed by atoms with van der Waals surface area (Å²) in [6, 6.07) is 9.12. The summed E-state index contributed by atoms with van der Waals surface area (Å²) in [5.41, 5.74) is 1.97. The van der Waals surface area contributed by atoms with E-state index in [1.54, 1.807) is 19.3 Å². The number of carbonyl (C=O) groups is 1. The van der Waals surface area contributed by atoms with Gasteiger partial charge in [-0.2, -0.15) is 5.10 Å². The molecule has 1 amide bonds. The van der Waals surface area contributed by atoms with Crippen LogP contribution in [-0.4, -0.2) is 34.7 Å². The molecule has 0 spiro atoms. The van der Waals surface area contributed by atoms with Crippen LogP contribution in [0.2, 0.25) is 0 Å². The Morgan fingerprint density at radius 2 is 2.20 bits per heavy atom. The Kier molecular flexibility index (Phi) is 3.20. The molecule has 1 N–H and O–H groups in total. The lowest BCUT2D eigenvalue weighted by Crippen LogP contribution is -2.18. The highest BCUT2D eigenvalue weighted by molar-refractivity contribution is 6.08. The van der Waals surface area contributed by atoms with Crippen molar-refractivity contribution in [3.05, 3.63) is 47.8 Å². The minimum Gasteiger partial charge on any atom is -0.475 e. The number of aromatic nitrogens is 2. The number of aliphatic imine (C=N–C) groups is 1. The van der Waals surface area contributed by atoms with Crippen molar-refractivity contribution in [2.75, 3.05) is 18.5 Å². The van der Waals surface area contributed by atoms with Crippen LogP contribution in [0.5, 0.6) is 0 Å². The Balaban J connectivity index is 1.88. The fourth-order valence-electron chi connectivity index (χ4n) is 2.06. The summed E-state index contributed by atoms with van der Waals surface area (Å²) in [4.78, 5) is 16.5. The molecule has 3 rings (SSSR count). The number of benzene rings is 1. The first kappa shape index (κ1) is 12.4. The van der Waals surface area contributed by atoms with Gasteiger partial charge >= 0.3 is 0 Å². The molecule has 0 atom stereocenters. The van der Waals surface area contributed by atoms with E-state index in [4.69, 9.17) is 4.74 Å². The number of aryl methyl sites for hydroxylation is 1. The highest BCUT2D eigenvalue weighted by Gasteiger charge is 2.17. The zero-order valence-electron chi connectivity index (χ0n) is 11.0. The van der Waals surface area contributed by atoms with Gasteiger partial charge in [0.25, 0.3) is 5.91 Å². The Bertz CT molecular complexity index is 675. The van der Waals surface area contributed by atoms with Gasteiger partial charge in [-0.15, -0.1) is 0 Å². The van der Waals surface area contributed by atoms with Crippen molar-refractivity contribution in [3.8, 4) is 0 Å². The van der Waals surface area contributed by atoms with E-state index in [1.807, 2.05) is 24.3 Å². The van der Waals surface area contributed by atoms with Crippen LogP contribution in [0, 0.1) is 0 Å². The molecule has 0 unspecified atom stereocenters. The van der Waals surface area contributed by atoms with Crippen LogP contribution in [0.4, 0.5) is 5.69 Å². The first-order valence-electron chi connectivity index (χ1n) is 6.32. The maximum absolute atomic E-state index is 12.2. The van der Waals surface area contributed by atoms with E-state index in [-0.39, 0.29) is 5.91 Å². The molecule has 1 aliphatic rings. The number of carbonyl (C=O) groups excluding carboxylic acids is 1. The van der Waals surface area contributed by atoms with Crippen LogP contribution in [0.25, 0.3) is 0 Å². The average molecular weight is 270 g/mol. The highest BCUT2D eigenvalue weighted by Crippen LogP contribution is 2.19. The molecule has 0 bridgehead atoms. The van der Waals surface area contributed by atoms with Crippen LogP contribution < -0.4 is 5.32 Å². The molecule has 1 aromatic carbocycles. The fourth-order valence-corrected chi connectivity index (χ4v) is 2.06. The van der Waals surface area contributed by atoms with E-state index >= 15 is 0 Å². The van der Waals surface area contributed by atoms with E-state index < -0.39 is 0 Å². The highest BCUT2D eigenvalue weighted by atomic mass is 16.5. The average Bonchev–Trinajstić information content (AvgIpc) is 3.10. The minimum atomic E-state index is -0.212. The summed E-state index contributed by atoms with van der Waals surface area (Å²) < 4.78 is 6.99. The lowest BCUT2D eigenvalue weighted by molar-refractivity contribution is 0.101. The van der Waals surface area contributed by atoms with Crippen molar-refractivity contribution in [1.29, 1.82) is 0 Å². The molecular weight excluding hydrogens is 256 g/mol. The maximum atomic E-state index is 12.2. The smallest absolute Gasteiger partial charge is 0.273 e. The second-order valence-electron chi connectivity index (χ2n) is 4.38. The number of nitrogens with zero attached hydrogens (tertiary/aromatic N) is 3. The fraction of sp³-hybridized carbons (Fsp3) is 0.214. The van der Waals surface area contributed by atoms with Crippen LogP contribution in [0.1, 0.15) is 16.1 Å². The molecule has 0 radical (unpaired) electrons. The zero-order chi connectivity index (χ0) is 13.9. The van der Waals surface area contributed by atoms with Crippen LogP contribution in [-0.2, 0) is 11.8 Å². The van der Waals surface area contributed by atoms with Crippen molar-refractivity contribution in [2.24, 2.45) is 12.0 Å². The summed E-state index contributed by atoms with van der Waals surface area (Å²) in [6.45, 7) is 1.23. The first-order chi connectivity index (χ1) is 9.75. The zero-order valence-corrected chi connectivity index (χ0v) is 11.0. The number of nitrogens with one attached hydrogen (secondary N) is 1. The summed E-state index contributed by atoms with van der Waals surface area (Å²) in [5, 5.41) is 6.86. The van der Waals surface area contributed by atoms with E-state index in [9.17, 15) is 4.79 Å². The Hall–Kier alpha value is -2.63. The lowest BCUT2D eigenvalue weighted by Gasteiger charge is -2.10. The van der Waals surface area contributed by atoms with Gasteiger partial charge in [-0.1, -0.05) is 12.1 Å². The molecule has 1 aromatic heterocycles. The van der Waals surface area contributed by atoms with Gasteiger partial charge in [0.05, 0.1) is 17.8 Å². The molecule has 0 saturated heterocycles. The molecule has 1 aliphatic heterocycles. The minimum absolute atomic E-state index is 0.212. The number of hydrogen-bond acceptors (Lipinski definition) is 4. The van der Waals surface area contributed by atoms with Crippen LogP contribution in [0.15, 0.2) is 41.5 Å². The van der Waals surface area contributed by atoms with Gasteiger partial charge in [-0.3, -0.25) is 9.48 Å². The van der Waals surface area contributed by atoms with Gasteiger partial charge in [0.1, 0.15) is 12.3 Å². The van der Waals surface area contributed by atoms with Gasteiger partial charge in [0, 0.05) is 13.2 Å². The van der Waals surface area contributed by atoms with Crippen molar-refractivity contribution >= 4 is 17.5 Å². The number of amides is 1. The van der Waals surface area contributed by atoms with Gasteiger partial charge in [0.15, 0.2) is 0 Å². The third-order valence-corrected chi connectivity index (χ3v) is 3.04. The SMILES string of the molecule is Cn1nccc1C(=O)Nc1ccccc1C1=NCCO1. The molecule has 0 saturated carbocycles. The predicted molar refractivity (Wildman–Crippen MR) is 75.0 cm³/mol. The third-order valence-electron chi connectivity index (χ3n) is 3.04. The second-order valence-corrected chi connectivity index (χ2v) is 4.38. The lowest BCUT2D eigenvalue weighted by atomic mass is 10.1. The van der Waals surface area contributed by atoms with E-state index in [1.165, 1.54) is 4.68 Å². The molecular formula is C14H14N4O2. The quantitative estimate of drug-likeness (QED) is 0.917. The Labute approximate surface area is 116 Å². The van der Waals surface area contributed by atoms with Crippen LogP contribution >= 0.6 is 0 Å². The molecule has 6 nitrogen and oxygen atoms in total. The van der Waals surface area contributed by atoms with E-state index in [2.05, 4.69) is 15.4 Å². The Morgan fingerprint density at radius 1 is 1.35 bits per heavy atom. The second kappa shape index (κ2) is 5.16. The molecule has 20 heavy (non-hydrogen) atoms. The first-order valence-corrected chi connectivity index (χ1v) is 6.32. The van der Waals surface area contributed by atoms with Crippen molar-refractivity contribution in [2.45, 2.75) is 0 Å². The van der Waals surface area contributed by atoms with Crippen molar-refractivity contribution in [1.82, 2.24) is 9.78 Å². The number of rotatable bonds is 3. The third kappa shape index (κ3) is 2.27. The maximum Gasteiger partial charge on any atom is 0.273 e. The number of anilines is 1. The molecule has 2 aromatic rings. The van der Waals surface area contributed by atoms with Crippen LogP contribution in [0.3, 0.4) is 0 Å². The number of para-hydroxylation sites is 1. The summed E-state index contributed by atoms with van der Waals surface area (Å²) in [5.74, 6) is 0.363. The largest absolute Gasteiger partial charge is 0.475 e. The number of ether oxygens (including phenoxy) is 1. The van der Waals surface area contributed by atoms with Crippen molar-refractivity contribution < 1.29 is 9.53 Å². The van der Waals surface area contributed by atoms with Gasteiger partial charge < -0.3 is 10.1 Å². The summed E-state index contributed by atoms with van der Waals surface area (Å²) in [7, 11) is 1.73. The summed E-state index contributed by atoms with van der Waals surface area (Å²) >= 11 is 0. The Morgan fingerprint density at radius 3 is 2.90 bits per heavy atom. The normalized spacial score (nSPS) is 13.8.